The summed E-state index contributed by atoms with van der Waals surface area (Å²) in [5.41, 5.74) is 12.3. The van der Waals surface area contributed by atoms with E-state index in [1.807, 2.05) is 12.1 Å². The van der Waals surface area contributed by atoms with Crippen LogP contribution in [0.5, 0.6) is 0 Å². The number of pyridine rings is 1. The lowest BCUT2D eigenvalue weighted by Crippen LogP contribution is -2.15. The number of carbonyl (C=O) groups excluding carboxylic acids is 1. The van der Waals surface area contributed by atoms with Crippen molar-refractivity contribution in [2.24, 2.45) is 5.73 Å². The highest BCUT2D eigenvalue weighted by molar-refractivity contribution is 7.99. The van der Waals surface area contributed by atoms with Crippen molar-refractivity contribution in [2.75, 3.05) is 18.1 Å². The number of aromatic nitrogens is 1. The van der Waals surface area contributed by atoms with Crippen molar-refractivity contribution in [2.45, 2.75) is 11.1 Å². The first-order valence-corrected chi connectivity index (χ1v) is 8.37. The number of hydrogen-bond donors (Lipinski definition) is 4. The Morgan fingerprint density at radius 2 is 1.85 bits per heavy atom. The van der Waals surface area contributed by atoms with Gasteiger partial charge in [0, 0.05) is 16.9 Å². The Labute approximate surface area is 153 Å². The number of rotatable bonds is 6. The second kappa shape index (κ2) is 8.32. The number of hydrogen-bond acceptors (Lipinski definition) is 8. The van der Waals surface area contributed by atoms with Crippen LogP contribution in [0.4, 0.5) is 5.82 Å². The topological polar surface area (TPSA) is 170 Å². The Morgan fingerprint density at radius 3 is 2.35 bits per heavy atom. The van der Waals surface area contributed by atoms with Gasteiger partial charge in [-0.05, 0) is 17.7 Å². The van der Waals surface area contributed by atoms with Crippen LogP contribution in [0, 0.1) is 22.7 Å². The molecule has 9 heteroatoms. The van der Waals surface area contributed by atoms with Crippen LogP contribution in [-0.4, -0.2) is 39.6 Å². The van der Waals surface area contributed by atoms with E-state index in [0.717, 1.165) is 11.8 Å². The zero-order valence-electron chi connectivity index (χ0n) is 13.5. The van der Waals surface area contributed by atoms with E-state index in [1.165, 1.54) is 12.1 Å². The van der Waals surface area contributed by atoms with Crippen molar-refractivity contribution in [3.63, 3.8) is 0 Å². The third-order valence-electron chi connectivity index (χ3n) is 3.50. The number of anilines is 1. The molecule has 26 heavy (non-hydrogen) atoms. The molecular formula is C17H15N5O3S. The van der Waals surface area contributed by atoms with Gasteiger partial charge in [-0.15, -0.1) is 11.8 Å². The number of thioether (sulfide) groups is 1. The van der Waals surface area contributed by atoms with E-state index in [9.17, 15) is 20.4 Å². The largest absolute Gasteiger partial charge is 0.394 e. The zero-order valence-corrected chi connectivity index (χ0v) is 14.3. The third-order valence-corrected chi connectivity index (χ3v) is 4.62. The number of nitrogens with two attached hydrogens (primary N) is 2. The van der Waals surface area contributed by atoms with E-state index in [0.29, 0.717) is 11.1 Å². The quantitative estimate of drug-likeness (QED) is 0.537. The molecule has 0 bridgehead atoms. The summed E-state index contributed by atoms with van der Waals surface area (Å²) in [5.74, 6) is -0.550. The molecule has 0 radical (unpaired) electrons. The normalized spacial score (nSPS) is 11.4. The summed E-state index contributed by atoms with van der Waals surface area (Å²) in [6, 6.07) is 10.1. The molecule has 1 heterocycles. The standard InChI is InChI=1S/C17H15N5O3S/c18-5-12-14(9-1-3-10(4-2-9)16(21)25)13(6-19)17(22-15(12)20)26-8-11(24)7-23/h1-4,11,23-24H,7-8H2,(H2,20,22)(H2,21,25). The molecule has 0 spiro atoms. The minimum absolute atomic E-state index is 0.0421. The maximum atomic E-state index is 11.2. The van der Waals surface area contributed by atoms with Crippen LogP contribution >= 0.6 is 11.8 Å². The van der Waals surface area contributed by atoms with Crippen LogP contribution in [0.3, 0.4) is 0 Å². The van der Waals surface area contributed by atoms with Crippen molar-refractivity contribution in [3.8, 4) is 23.3 Å². The molecule has 0 saturated carbocycles. The zero-order chi connectivity index (χ0) is 19.3. The van der Waals surface area contributed by atoms with Gasteiger partial charge in [-0.1, -0.05) is 12.1 Å². The number of aliphatic hydroxyl groups is 2. The lowest BCUT2D eigenvalue weighted by Gasteiger charge is -2.14. The summed E-state index contributed by atoms with van der Waals surface area (Å²) in [6.45, 7) is -0.428. The Kier molecular flexibility index (Phi) is 6.15. The minimum Gasteiger partial charge on any atom is -0.394 e. The first-order chi connectivity index (χ1) is 12.4. The number of carbonyl (C=O) groups is 1. The average molecular weight is 369 g/mol. The molecule has 2 rings (SSSR count). The first-order valence-electron chi connectivity index (χ1n) is 7.38. The summed E-state index contributed by atoms with van der Waals surface area (Å²) in [6.07, 6.45) is -0.983. The smallest absolute Gasteiger partial charge is 0.248 e. The maximum Gasteiger partial charge on any atom is 0.248 e. The Bertz CT molecular complexity index is 916. The molecule has 0 aliphatic carbocycles. The monoisotopic (exact) mass is 369 g/mol. The van der Waals surface area contributed by atoms with E-state index in [1.54, 1.807) is 12.1 Å². The highest BCUT2D eigenvalue weighted by atomic mass is 32.2. The second-order valence-corrected chi connectivity index (χ2v) is 6.25. The van der Waals surface area contributed by atoms with E-state index in [2.05, 4.69) is 4.98 Å². The minimum atomic E-state index is -0.983. The van der Waals surface area contributed by atoms with Crippen molar-refractivity contribution in [3.05, 3.63) is 41.0 Å². The third kappa shape index (κ3) is 3.92. The fraction of sp³-hybridized carbons (Fsp3) is 0.176. The SMILES string of the molecule is N#Cc1c(N)nc(SCC(O)CO)c(C#N)c1-c1ccc(C(N)=O)cc1. The van der Waals surface area contributed by atoms with Gasteiger partial charge in [-0.2, -0.15) is 10.5 Å². The summed E-state index contributed by atoms with van der Waals surface area (Å²) >= 11 is 1.05. The molecule has 1 aromatic heterocycles. The van der Waals surface area contributed by atoms with Crippen molar-refractivity contribution in [1.82, 2.24) is 4.98 Å². The van der Waals surface area contributed by atoms with Crippen LogP contribution in [0.25, 0.3) is 11.1 Å². The molecule has 1 unspecified atom stereocenters. The molecule has 8 nitrogen and oxygen atoms in total. The van der Waals surface area contributed by atoms with Gasteiger partial charge in [0.15, 0.2) is 0 Å². The van der Waals surface area contributed by atoms with Crippen LogP contribution in [0.1, 0.15) is 21.5 Å². The molecule has 0 aliphatic rings. The van der Waals surface area contributed by atoms with Gasteiger partial charge >= 0.3 is 0 Å². The molecule has 0 aliphatic heterocycles. The molecule has 2 aromatic rings. The Hall–Kier alpha value is -3.11. The van der Waals surface area contributed by atoms with E-state index in [-0.39, 0.29) is 33.3 Å². The molecular weight excluding hydrogens is 354 g/mol. The summed E-state index contributed by atoms with van der Waals surface area (Å²) < 4.78 is 0. The van der Waals surface area contributed by atoms with Crippen molar-refractivity contribution in [1.29, 1.82) is 10.5 Å². The predicted octanol–water partition coefficient (Wildman–Crippen LogP) is 0.618. The predicted molar refractivity (Wildman–Crippen MR) is 95.8 cm³/mol. The number of aliphatic hydroxyl groups excluding tert-OH is 2. The van der Waals surface area contributed by atoms with Crippen LogP contribution < -0.4 is 11.5 Å². The highest BCUT2D eigenvalue weighted by Gasteiger charge is 2.21. The molecule has 1 amide bonds. The molecule has 1 atom stereocenters. The first kappa shape index (κ1) is 19.2. The average Bonchev–Trinajstić information content (AvgIpc) is 2.65. The van der Waals surface area contributed by atoms with Gasteiger partial charge in [0.1, 0.15) is 28.5 Å². The lowest BCUT2D eigenvalue weighted by molar-refractivity contribution is 0.100. The van der Waals surface area contributed by atoms with E-state index >= 15 is 0 Å². The van der Waals surface area contributed by atoms with Gasteiger partial charge in [0.2, 0.25) is 5.91 Å². The molecule has 132 valence electrons. The summed E-state index contributed by atoms with van der Waals surface area (Å²) in [7, 11) is 0. The molecule has 0 fully saturated rings. The van der Waals surface area contributed by atoms with Crippen molar-refractivity contribution >= 4 is 23.5 Å². The van der Waals surface area contributed by atoms with Gasteiger partial charge in [-0.25, -0.2) is 4.98 Å². The van der Waals surface area contributed by atoms with Crippen LogP contribution in [-0.2, 0) is 0 Å². The molecule has 6 N–H and O–H groups in total. The van der Waals surface area contributed by atoms with Gasteiger partial charge in [0.25, 0.3) is 0 Å². The molecule has 1 aromatic carbocycles. The Morgan fingerprint density at radius 1 is 1.23 bits per heavy atom. The number of nitrogens with zero attached hydrogens (tertiary/aromatic N) is 3. The maximum absolute atomic E-state index is 11.2. The van der Waals surface area contributed by atoms with Gasteiger partial charge in [-0.3, -0.25) is 4.79 Å². The van der Waals surface area contributed by atoms with Crippen molar-refractivity contribution < 1.29 is 15.0 Å². The van der Waals surface area contributed by atoms with Gasteiger partial charge < -0.3 is 21.7 Å². The second-order valence-electron chi connectivity index (χ2n) is 5.24. The molecule has 0 saturated heterocycles. The fourth-order valence-corrected chi connectivity index (χ4v) is 3.13. The number of amides is 1. The lowest BCUT2D eigenvalue weighted by atomic mass is 9.96. The van der Waals surface area contributed by atoms with E-state index < -0.39 is 18.6 Å². The number of primary amides is 1. The van der Waals surface area contributed by atoms with Gasteiger partial charge in [0.05, 0.1) is 18.3 Å². The van der Waals surface area contributed by atoms with Crippen LogP contribution in [0.15, 0.2) is 29.3 Å². The fourth-order valence-electron chi connectivity index (χ4n) is 2.22. The number of benzene rings is 1. The number of nitrogen functional groups attached to an aromatic ring is 1. The summed E-state index contributed by atoms with van der Waals surface area (Å²) in [4.78, 5) is 15.3. The highest BCUT2D eigenvalue weighted by Crippen LogP contribution is 2.35. The number of nitriles is 2. The van der Waals surface area contributed by atoms with Crippen LogP contribution in [0.2, 0.25) is 0 Å². The van der Waals surface area contributed by atoms with E-state index in [4.69, 9.17) is 16.6 Å². The summed E-state index contributed by atoms with van der Waals surface area (Å²) in [5, 5.41) is 37.7. The Balaban J connectivity index is 2.62.